The van der Waals surface area contributed by atoms with Crippen LogP contribution < -0.4 is 4.90 Å². The third-order valence-corrected chi connectivity index (χ3v) is 5.29. The Labute approximate surface area is 156 Å². The van der Waals surface area contributed by atoms with E-state index in [0.29, 0.717) is 10.6 Å². The molecule has 0 spiro atoms. The third-order valence-electron chi connectivity index (χ3n) is 4.34. The fraction of sp³-hybridized carbons (Fsp3) is 0.286. The summed E-state index contributed by atoms with van der Waals surface area (Å²) >= 11 is 1.52. The Morgan fingerprint density at radius 2 is 1.88 bits per heavy atom. The van der Waals surface area contributed by atoms with Crippen molar-refractivity contribution in [1.82, 2.24) is 4.98 Å². The molecule has 132 valence electrons. The number of ether oxygens (including phenoxy) is 1. The zero-order valence-electron chi connectivity index (χ0n) is 14.7. The first-order chi connectivity index (χ1) is 12.6. The number of hydrogen-bond acceptors (Lipinski definition) is 4. The molecule has 3 nitrogen and oxygen atoms in total. The van der Waals surface area contributed by atoms with Gasteiger partial charge >= 0.3 is 0 Å². The lowest BCUT2D eigenvalue weighted by Crippen LogP contribution is -2.45. The summed E-state index contributed by atoms with van der Waals surface area (Å²) in [6.45, 7) is 5.61. The summed E-state index contributed by atoms with van der Waals surface area (Å²) in [7, 11) is 0. The van der Waals surface area contributed by atoms with E-state index in [4.69, 9.17) is 4.74 Å². The van der Waals surface area contributed by atoms with Gasteiger partial charge in [0.1, 0.15) is 5.82 Å². The number of thiazole rings is 1. The highest BCUT2D eigenvalue weighted by atomic mass is 32.1. The van der Waals surface area contributed by atoms with Crippen molar-refractivity contribution in [1.29, 1.82) is 0 Å². The van der Waals surface area contributed by atoms with E-state index < -0.39 is 0 Å². The van der Waals surface area contributed by atoms with Crippen LogP contribution in [0.15, 0.2) is 42.5 Å². The number of halogens is 1. The largest absolute Gasteiger partial charge is 0.372 e. The summed E-state index contributed by atoms with van der Waals surface area (Å²) < 4.78 is 21.4. The first kappa shape index (κ1) is 17.0. The molecule has 4 rings (SSSR count). The number of fused-ring (bicyclic) bond motifs is 1. The Balaban J connectivity index is 1.57. The molecule has 3 aromatic rings. The predicted molar refractivity (Wildman–Crippen MR) is 104 cm³/mol. The summed E-state index contributed by atoms with van der Waals surface area (Å²) in [6.07, 6.45) is 0.278. The normalized spacial score (nSPS) is 20.0. The van der Waals surface area contributed by atoms with E-state index in [9.17, 15) is 4.39 Å². The van der Waals surface area contributed by atoms with E-state index in [-0.39, 0.29) is 18.0 Å². The molecule has 5 heteroatoms. The number of nitrogens with zero attached hydrogens (tertiary/aromatic N) is 2. The van der Waals surface area contributed by atoms with Crippen LogP contribution in [0.25, 0.3) is 10.2 Å². The van der Waals surface area contributed by atoms with E-state index in [2.05, 4.69) is 21.7 Å². The van der Waals surface area contributed by atoms with Gasteiger partial charge in [-0.3, -0.25) is 0 Å². The molecule has 2 heterocycles. The van der Waals surface area contributed by atoms with Crippen LogP contribution in [0.1, 0.15) is 24.4 Å². The van der Waals surface area contributed by atoms with Crippen molar-refractivity contribution in [3.8, 4) is 11.8 Å². The highest BCUT2D eigenvalue weighted by Crippen LogP contribution is 2.23. The molecule has 0 radical (unpaired) electrons. The van der Waals surface area contributed by atoms with Crippen LogP contribution in [0.4, 0.5) is 10.1 Å². The molecule has 0 N–H and O–H groups in total. The quantitative estimate of drug-likeness (QED) is 0.595. The van der Waals surface area contributed by atoms with Gasteiger partial charge in [0.2, 0.25) is 0 Å². The van der Waals surface area contributed by atoms with Crippen LogP contribution in [0, 0.1) is 17.7 Å². The van der Waals surface area contributed by atoms with Crippen LogP contribution in [-0.4, -0.2) is 30.3 Å². The van der Waals surface area contributed by atoms with Gasteiger partial charge in [-0.2, -0.15) is 0 Å². The minimum absolute atomic E-state index is 0.139. The second kappa shape index (κ2) is 7.06. The van der Waals surface area contributed by atoms with Gasteiger partial charge in [-0.05, 0) is 50.1 Å². The summed E-state index contributed by atoms with van der Waals surface area (Å²) in [5.41, 5.74) is 2.19. The zero-order valence-corrected chi connectivity index (χ0v) is 15.5. The Morgan fingerprint density at radius 3 is 2.62 bits per heavy atom. The lowest BCUT2D eigenvalue weighted by Gasteiger charge is -2.36. The molecule has 0 saturated carbocycles. The summed E-state index contributed by atoms with van der Waals surface area (Å²) in [5, 5.41) is 0.700. The topological polar surface area (TPSA) is 25.4 Å². The smallest absolute Gasteiger partial charge is 0.168 e. The van der Waals surface area contributed by atoms with E-state index in [1.54, 1.807) is 12.1 Å². The lowest BCUT2D eigenvalue weighted by molar-refractivity contribution is -0.00523. The molecule has 1 fully saturated rings. The fourth-order valence-corrected chi connectivity index (χ4v) is 4.06. The number of para-hydroxylation sites is 1. The molecule has 0 amide bonds. The van der Waals surface area contributed by atoms with Crippen molar-refractivity contribution in [2.24, 2.45) is 0 Å². The fourth-order valence-electron chi connectivity index (χ4n) is 3.24. The van der Waals surface area contributed by atoms with E-state index in [1.807, 2.05) is 44.2 Å². The third kappa shape index (κ3) is 3.57. The molecular weight excluding hydrogens is 347 g/mol. The minimum Gasteiger partial charge on any atom is -0.372 e. The Kier molecular flexibility index (Phi) is 4.62. The standard InChI is InChI=1S/C21H19FN2OS/c1-14-12-24(13-15(2)25-14)17-9-7-16(18(22)11-17)8-10-21-23-19-5-3-4-6-20(19)26-21/h3-7,9,11,14-15H,12-13H2,1-2H3/t14-,15+. The molecule has 2 aromatic carbocycles. The highest BCUT2D eigenvalue weighted by Gasteiger charge is 2.22. The van der Waals surface area contributed by atoms with Gasteiger partial charge in [0.05, 0.1) is 28.0 Å². The van der Waals surface area contributed by atoms with Gasteiger partial charge in [0.25, 0.3) is 0 Å². The van der Waals surface area contributed by atoms with Crippen molar-refractivity contribution in [3.05, 3.63) is 58.9 Å². The van der Waals surface area contributed by atoms with Gasteiger partial charge in [0.15, 0.2) is 5.01 Å². The van der Waals surface area contributed by atoms with Crippen molar-refractivity contribution >= 4 is 27.2 Å². The molecule has 1 aliphatic rings. The molecular formula is C21H19FN2OS. The molecule has 0 aliphatic carbocycles. The van der Waals surface area contributed by atoms with Crippen LogP contribution in [0.2, 0.25) is 0 Å². The highest BCUT2D eigenvalue weighted by molar-refractivity contribution is 7.19. The Hall–Kier alpha value is -2.42. The van der Waals surface area contributed by atoms with Gasteiger partial charge in [0, 0.05) is 18.8 Å². The monoisotopic (exact) mass is 366 g/mol. The summed E-state index contributed by atoms with van der Waals surface area (Å²) in [6, 6.07) is 13.1. The maximum Gasteiger partial charge on any atom is 0.168 e. The molecule has 0 unspecified atom stereocenters. The van der Waals surface area contributed by atoms with Gasteiger partial charge in [-0.25, -0.2) is 9.37 Å². The Morgan fingerprint density at radius 1 is 1.12 bits per heavy atom. The van der Waals surface area contributed by atoms with Gasteiger partial charge < -0.3 is 9.64 Å². The lowest BCUT2D eigenvalue weighted by atomic mass is 10.1. The van der Waals surface area contributed by atoms with E-state index in [1.165, 1.54) is 11.3 Å². The van der Waals surface area contributed by atoms with Crippen LogP contribution in [-0.2, 0) is 4.74 Å². The van der Waals surface area contributed by atoms with E-state index in [0.717, 1.165) is 29.0 Å². The molecule has 26 heavy (non-hydrogen) atoms. The second-order valence-corrected chi connectivity index (χ2v) is 7.59. The number of rotatable bonds is 1. The van der Waals surface area contributed by atoms with Gasteiger partial charge in [-0.15, -0.1) is 11.3 Å². The van der Waals surface area contributed by atoms with Crippen LogP contribution in [0.5, 0.6) is 0 Å². The number of hydrogen-bond donors (Lipinski definition) is 0. The number of anilines is 1. The molecule has 1 saturated heterocycles. The summed E-state index contributed by atoms with van der Waals surface area (Å²) in [4.78, 5) is 6.62. The Bertz CT molecular complexity index is 961. The molecule has 1 aliphatic heterocycles. The van der Waals surface area contributed by atoms with E-state index >= 15 is 0 Å². The predicted octanol–water partition coefficient (Wildman–Crippen LogP) is 4.45. The van der Waals surface area contributed by atoms with Gasteiger partial charge in [-0.1, -0.05) is 18.1 Å². The maximum atomic E-state index is 14.5. The number of aromatic nitrogens is 1. The van der Waals surface area contributed by atoms with Crippen molar-refractivity contribution in [2.75, 3.05) is 18.0 Å². The summed E-state index contributed by atoms with van der Waals surface area (Å²) in [5.74, 6) is 5.60. The number of benzene rings is 2. The van der Waals surface area contributed by atoms with Crippen LogP contribution >= 0.6 is 11.3 Å². The maximum absolute atomic E-state index is 14.5. The average Bonchev–Trinajstić information content (AvgIpc) is 3.02. The zero-order chi connectivity index (χ0) is 18.1. The molecule has 2 atom stereocenters. The molecule has 0 bridgehead atoms. The number of morpholine rings is 1. The van der Waals surface area contributed by atoms with Crippen molar-refractivity contribution in [2.45, 2.75) is 26.1 Å². The first-order valence-electron chi connectivity index (χ1n) is 8.66. The molecule has 1 aromatic heterocycles. The average molecular weight is 366 g/mol. The minimum atomic E-state index is -0.303. The van der Waals surface area contributed by atoms with Crippen molar-refractivity contribution < 1.29 is 9.13 Å². The first-order valence-corrected chi connectivity index (χ1v) is 9.47. The van der Waals surface area contributed by atoms with Crippen molar-refractivity contribution in [3.63, 3.8) is 0 Å². The SMILES string of the molecule is C[C@@H]1CN(c2ccc(C#Cc3nc4ccccc4s3)c(F)c2)C[C@H](C)O1. The van der Waals surface area contributed by atoms with Crippen LogP contribution in [0.3, 0.4) is 0 Å². The second-order valence-electron chi connectivity index (χ2n) is 6.56.